The summed E-state index contributed by atoms with van der Waals surface area (Å²) in [5, 5.41) is 6.62. The van der Waals surface area contributed by atoms with Gasteiger partial charge in [-0.15, -0.1) is 11.3 Å². The molecule has 10 heteroatoms. The fourth-order valence-corrected chi connectivity index (χ4v) is 5.87. The van der Waals surface area contributed by atoms with E-state index in [9.17, 15) is 9.59 Å². The number of amides is 1. The topological polar surface area (TPSA) is 76.5 Å². The predicted octanol–water partition coefficient (Wildman–Crippen LogP) is 6.41. The fraction of sp³-hybridized carbons (Fsp3) is 0.233. The van der Waals surface area contributed by atoms with E-state index >= 15 is 0 Å². The number of aromatic nitrogens is 2. The molecule has 1 N–H and O–H groups in total. The standard InChI is InChI=1S/C30H28Cl2N4O3S/c1-18(2)15-25-21(29(37)35-13-11-33-12-14-35)16-22(28-34-24(17-40-28)19-7-9-20(31)10-8-19)30(38)36(25)27-23(32)5-4-6-26(27)39-3/h4-10,15-17,33H,11-14H2,1-3H3. The average molecular weight is 596 g/mol. The van der Waals surface area contributed by atoms with Gasteiger partial charge in [0.25, 0.3) is 11.5 Å². The maximum absolute atomic E-state index is 14.4. The summed E-state index contributed by atoms with van der Waals surface area (Å²) in [7, 11) is 1.52. The summed E-state index contributed by atoms with van der Waals surface area (Å²) >= 11 is 14.1. The van der Waals surface area contributed by atoms with Crippen molar-refractivity contribution in [2.45, 2.75) is 13.8 Å². The minimum atomic E-state index is -0.354. The van der Waals surface area contributed by atoms with Gasteiger partial charge in [0.1, 0.15) is 16.4 Å². The Labute approximate surface area is 246 Å². The van der Waals surface area contributed by atoms with Crippen LogP contribution in [-0.4, -0.2) is 53.6 Å². The quantitative estimate of drug-likeness (QED) is 0.279. The molecular formula is C30H28Cl2N4O3S. The van der Waals surface area contributed by atoms with Gasteiger partial charge in [0, 0.05) is 42.1 Å². The lowest BCUT2D eigenvalue weighted by atomic mass is 10.0. The molecule has 1 aliphatic heterocycles. The van der Waals surface area contributed by atoms with Crippen molar-refractivity contribution in [3.05, 3.63) is 91.1 Å². The monoisotopic (exact) mass is 594 g/mol. The van der Waals surface area contributed by atoms with Gasteiger partial charge in [0.2, 0.25) is 0 Å². The molecule has 0 saturated carbocycles. The smallest absolute Gasteiger partial charge is 0.266 e. The number of nitrogens with zero attached hydrogens (tertiary/aromatic N) is 3. The highest BCUT2D eigenvalue weighted by Crippen LogP contribution is 2.35. The molecule has 0 atom stereocenters. The molecule has 0 unspecified atom stereocenters. The first-order valence-corrected chi connectivity index (χ1v) is 14.4. The number of hydrogen-bond donors (Lipinski definition) is 1. The average Bonchev–Trinajstić information content (AvgIpc) is 3.44. The van der Waals surface area contributed by atoms with E-state index in [2.05, 4.69) is 5.32 Å². The van der Waals surface area contributed by atoms with Crippen molar-refractivity contribution in [3.63, 3.8) is 0 Å². The third kappa shape index (κ3) is 5.58. The summed E-state index contributed by atoms with van der Waals surface area (Å²) in [6.07, 6.45) is 1.84. The normalized spacial score (nSPS) is 13.3. The van der Waals surface area contributed by atoms with E-state index in [4.69, 9.17) is 32.9 Å². The van der Waals surface area contributed by atoms with Crippen LogP contribution < -0.4 is 15.6 Å². The minimum absolute atomic E-state index is 0.162. The first kappa shape index (κ1) is 28.1. The Morgan fingerprint density at radius 1 is 1.10 bits per heavy atom. The van der Waals surface area contributed by atoms with E-state index < -0.39 is 0 Å². The first-order chi connectivity index (χ1) is 19.3. The van der Waals surface area contributed by atoms with Crippen LogP contribution in [0.4, 0.5) is 0 Å². The fourth-order valence-electron chi connectivity index (χ4n) is 4.66. The molecule has 2 aromatic heterocycles. The molecule has 5 rings (SSSR count). The van der Waals surface area contributed by atoms with E-state index in [0.29, 0.717) is 75.2 Å². The molecule has 0 spiro atoms. The molecule has 3 heterocycles. The maximum atomic E-state index is 14.4. The summed E-state index contributed by atoms with van der Waals surface area (Å²) in [6, 6.07) is 14.2. The van der Waals surface area contributed by atoms with Gasteiger partial charge in [-0.2, -0.15) is 0 Å². The lowest BCUT2D eigenvalue weighted by Crippen LogP contribution is -2.47. The Kier molecular flexibility index (Phi) is 8.42. The van der Waals surface area contributed by atoms with Crippen molar-refractivity contribution < 1.29 is 9.53 Å². The highest BCUT2D eigenvalue weighted by atomic mass is 35.5. The molecule has 1 aliphatic rings. The second-order valence-electron chi connectivity index (χ2n) is 9.60. The molecule has 1 saturated heterocycles. The molecule has 0 aliphatic carbocycles. The van der Waals surface area contributed by atoms with Crippen LogP contribution in [-0.2, 0) is 0 Å². The molecule has 4 aromatic rings. The number of hydrogen-bond acceptors (Lipinski definition) is 6. The minimum Gasteiger partial charge on any atom is -0.495 e. The van der Waals surface area contributed by atoms with Gasteiger partial charge in [-0.3, -0.25) is 14.2 Å². The second-order valence-corrected chi connectivity index (χ2v) is 11.3. The van der Waals surface area contributed by atoms with Crippen LogP contribution in [0.25, 0.3) is 33.6 Å². The van der Waals surface area contributed by atoms with Gasteiger partial charge in [0.15, 0.2) is 0 Å². The van der Waals surface area contributed by atoms with Gasteiger partial charge in [-0.25, -0.2) is 4.98 Å². The lowest BCUT2D eigenvalue weighted by molar-refractivity contribution is 0.0735. The zero-order valence-corrected chi connectivity index (χ0v) is 24.7. The molecule has 1 amide bonds. The van der Waals surface area contributed by atoms with Gasteiger partial charge < -0.3 is 15.0 Å². The van der Waals surface area contributed by atoms with Crippen molar-refractivity contribution in [1.29, 1.82) is 0 Å². The number of rotatable bonds is 6. The van der Waals surface area contributed by atoms with E-state index in [1.54, 1.807) is 41.3 Å². The number of methoxy groups -OCH3 is 1. The summed E-state index contributed by atoms with van der Waals surface area (Å²) in [5.41, 5.74) is 3.65. The van der Waals surface area contributed by atoms with Crippen molar-refractivity contribution in [2.24, 2.45) is 0 Å². The van der Waals surface area contributed by atoms with Crippen LogP contribution in [0.1, 0.15) is 29.9 Å². The van der Waals surface area contributed by atoms with Crippen molar-refractivity contribution in [1.82, 2.24) is 19.8 Å². The number of halogens is 2. The Hall–Kier alpha value is -3.43. The SMILES string of the molecule is COc1cccc(Cl)c1-n1c(C=C(C)C)c(C(=O)N2CCNCC2)cc(-c2nc(-c3ccc(Cl)cc3)cs2)c1=O. The number of pyridine rings is 1. The first-order valence-electron chi connectivity index (χ1n) is 12.8. The number of piperazine rings is 1. The van der Waals surface area contributed by atoms with Crippen LogP contribution in [0.15, 0.2) is 64.3 Å². The number of allylic oxidation sites excluding steroid dienone is 1. The number of thiazole rings is 1. The summed E-state index contributed by atoms with van der Waals surface area (Å²) in [5.74, 6) is 0.251. The third-order valence-corrected chi connectivity index (χ3v) is 8.00. The van der Waals surface area contributed by atoms with Gasteiger partial charge in [0.05, 0.1) is 34.6 Å². The molecule has 1 fully saturated rings. The van der Waals surface area contributed by atoms with Crippen LogP contribution >= 0.6 is 34.5 Å². The van der Waals surface area contributed by atoms with Gasteiger partial charge in [-0.1, -0.05) is 47.0 Å². The Balaban J connectivity index is 1.80. The number of nitrogens with one attached hydrogen (secondary N) is 1. The summed E-state index contributed by atoms with van der Waals surface area (Å²) < 4.78 is 7.13. The van der Waals surface area contributed by atoms with Crippen molar-refractivity contribution in [3.8, 4) is 33.3 Å². The molecule has 7 nitrogen and oxygen atoms in total. The Morgan fingerprint density at radius 2 is 1.82 bits per heavy atom. The van der Waals surface area contributed by atoms with E-state index in [-0.39, 0.29) is 11.5 Å². The highest BCUT2D eigenvalue weighted by Gasteiger charge is 2.28. The molecule has 2 aromatic carbocycles. The zero-order chi connectivity index (χ0) is 28.4. The number of para-hydroxylation sites is 1. The molecular weight excluding hydrogens is 567 g/mol. The Morgan fingerprint density at radius 3 is 2.50 bits per heavy atom. The molecule has 0 bridgehead atoms. The van der Waals surface area contributed by atoms with Crippen molar-refractivity contribution in [2.75, 3.05) is 33.3 Å². The lowest BCUT2D eigenvalue weighted by Gasteiger charge is -2.29. The van der Waals surface area contributed by atoms with Crippen molar-refractivity contribution >= 4 is 46.5 Å². The number of carbonyl (C=O) groups is 1. The number of benzene rings is 2. The van der Waals surface area contributed by atoms with Gasteiger partial charge >= 0.3 is 0 Å². The van der Waals surface area contributed by atoms with Crippen LogP contribution in [0.5, 0.6) is 5.75 Å². The third-order valence-electron chi connectivity index (χ3n) is 6.57. The molecule has 40 heavy (non-hydrogen) atoms. The number of carbonyl (C=O) groups excluding carboxylic acids is 1. The number of ether oxygens (including phenoxy) is 1. The van der Waals surface area contributed by atoms with Crippen LogP contribution in [0.2, 0.25) is 10.0 Å². The van der Waals surface area contributed by atoms with E-state index in [1.165, 1.54) is 23.0 Å². The second kappa shape index (κ2) is 12.0. The van der Waals surface area contributed by atoms with Gasteiger partial charge in [-0.05, 0) is 50.3 Å². The summed E-state index contributed by atoms with van der Waals surface area (Å²) in [6.45, 7) is 6.37. The van der Waals surface area contributed by atoms with Crippen LogP contribution in [0.3, 0.4) is 0 Å². The molecule has 0 radical (unpaired) electrons. The maximum Gasteiger partial charge on any atom is 0.266 e. The van der Waals surface area contributed by atoms with Crippen LogP contribution in [0, 0.1) is 0 Å². The van der Waals surface area contributed by atoms with E-state index in [0.717, 1.165) is 11.1 Å². The zero-order valence-electron chi connectivity index (χ0n) is 22.3. The largest absolute Gasteiger partial charge is 0.495 e. The molecule has 206 valence electrons. The Bertz CT molecular complexity index is 1650. The summed E-state index contributed by atoms with van der Waals surface area (Å²) in [4.78, 5) is 35.0. The van der Waals surface area contributed by atoms with E-state index in [1.807, 2.05) is 37.4 Å². The highest BCUT2D eigenvalue weighted by molar-refractivity contribution is 7.13. The predicted molar refractivity (Wildman–Crippen MR) is 163 cm³/mol.